The van der Waals surface area contributed by atoms with Crippen LogP contribution in [-0.4, -0.2) is 31.5 Å². The van der Waals surface area contributed by atoms with E-state index in [1.807, 2.05) is 30.3 Å². The fraction of sp³-hybridized carbons (Fsp3) is 0.353. The number of halogens is 1. The molecule has 0 spiro atoms. The molecule has 2 aromatic rings. The lowest BCUT2D eigenvalue weighted by molar-refractivity contribution is -0.122. The first-order chi connectivity index (χ1) is 11.0. The Morgan fingerprint density at radius 2 is 2.17 bits per heavy atom. The lowest BCUT2D eigenvalue weighted by Crippen LogP contribution is -2.34. The van der Waals surface area contributed by atoms with Gasteiger partial charge in [-0.05, 0) is 48.7 Å². The van der Waals surface area contributed by atoms with Crippen molar-refractivity contribution < 1.29 is 13.9 Å². The molecular formula is C17H21FN2O2S. The van der Waals surface area contributed by atoms with Crippen LogP contribution >= 0.6 is 11.3 Å². The van der Waals surface area contributed by atoms with Gasteiger partial charge in [-0.15, -0.1) is 11.3 Å². The fourth-order valence-electron chi connectivity index (χ4n) is 2.24. The second kappa shape index (κ2) is 8.08. The van der Waals surface area contributed by atoms with Crippen molar-refractivity contribution in [3.63, 3.8) is 0 Å². The van der Waals surface area contributed by atoms with Crippen molar-refractivity contribution in [2.75, 3.05) is 20.7 Å². The van der Waals surface area contributed by atoms with E-state index in [0.29, 0.717) is 13.1 Å². The summed E-state index contributed by atoms with van der Waals surface area (Å²) >= 11 is 1.64. The molecular weight excluding hydrogens is 315 g/mol. The number of carbonyl (C=O) groups excluding carboxylic acids is 1. The van der Waals surface area contributed by atoms with Gasteiger partial charge < -0.3 is 10.1 Å². The Morgan fingerprint density at radius 3 is 2.78 bits per heavy atom. The molecule has 0 bridgehead atoms. The van der Waals surface area contributed by atoms with E-state index in [1.165, 1.54) is 23.6 Å². The van der Waals surface area contributed by atoms with Crippen LogP contribution in [0.15, 0.2) is 29.6 Å². The molecule has 0 unspecified atom stereocenters. The van der Waals surface area contributed by atoms with Crippen molar-refractivity contribution in [2.45, 2.75) is 20.0 Å². The summed E-state index contributed by atoms with van der Waals surface area (Å²) in [5.41, 5.74) is 1.99. The minimum absolute atomic E-state index is 0.0470. The predicted octanol–water partition coefficient (Wildman–Crippen LogP) is 2.95. The van der Waals surface area contributed by atoms with E-state index >= 15 is 0 Å². The van der Waals surface area contributed by atoms with Gasteiger partial charge in [0.1, 0.15) is 0 Å². The van der Waals surface area contributed by atoms with E-state index in [-0.39, 0.29) is 18.2 Å². The monoisotopic (exact) mass is 336 g/mol. The molecule has 0 radical (unpaired) electrons. The summed E-state index contributed by atoms with van der Waals surface area (Å²) < 4.78 is 18.6. The number of benzene rings is 1. The fourth-order valence-corrected chi connectivity index (χ4v) is 3.09. The third-order valence-corrected chi connectivity index (χ3v) is 4.52. The van der Waals surface area contributed by atoms with E-state index in [2.05, 4.69) is 5.32 Å². The smallest absolute Gasteiger partial charge is 0.234 e. The number of nitrogens with one attached hydrogen (secondary N) is 1. The van der Waals surface area contributed by atoms with Gasteiger partial charge in [-0.1, -0.05) is 6.07 Å². The van der Waals surface area contributed by atoms with Crippen LogP contribution in [0.3, 0.4) is 0 Å². The molecule has 0 saturated carbocycles. The highest BCUT2D eigenvalue weighted by Gasteiger charge is 2.10. The molecule has 0 aliphatic heterocycles. The summed E-state index contributed by atoms with van der Waals surface area (Å²) in [5.74, 6) is -0.217. The van der Waals surface area contributed by atoms with E-state index in [9.17, 15) is 9.18 Å². The number of aryl methyl sites for hydroxylation is 1. The van der Waals surface area contributed by atoms with Crippen LogP contribution in [0.4, 0.5) is 4.39 Å². The molecule has 1 aromatic carbocycles. The number of nitrogens with zero attached hydrogens (tertiary/aromatic N) is 1. The average molecular weight is 336 g/mol. The molecule has 0 saturated heterocycles. The Labute approximate surface area is 139 Å². The van der Waals surface area contributed by atoms with Crippen molar-refractivity contribution >= 4 is 17.2 Å². The van der Waals surface area contributed by atoms with Crippen LogP contribution in [0, 0.1) is 12.7 Å². The van der Waals surface area contributed by atoms with E-state index < -0.39 is 5.82 Å². The highest BCUT2D eigenvalue weighted by atomic mass is 32.1. The van der Waals surface area contributed by atoms with Crippen molar-refractivity contribution in [3.05, 3.63) is 51.5 Å². The number of thiophene rings is 1. The van der Waals surface area contributed by atoms with Crippen LogP contribution in [0.2, 0.25) is 0 Å². The summed E-state index contributed by atoms with van der Waals surface area (Å²) in [7, 11) is 3.27. The SMILES string of the molecule is COc1ccc(CN(C)CC(=O)NCc2sccc2C)cc1F. The molecule has 23 heavy (non-hydrogen) atoms. The maximum absolute atomic E-state index is 13.7. The van der Waals surface area contributed by atoms with Crippen LogP contribution in [0.1, 0.15) is 16.0 Å². The zero-order valence-electron chi connectivity index (χ0n) is 13.6. The molecule has 4 nitrogen and oxygen atoms in total. The first-order valence-electron chi connectivity index (χ1n) is 7.30. The van der Waals surface area contributed by atoms with Gasteiger partial charge in [-0.2, -0.15) is 0 Å². The van der Waals surface area contributed by atoms with Gasteiger partial charge in [-0.3, -0.25) is 9.69 Å². The highest BCUT2D eigenvalue weighted by molar-refractivity contribution is 7.10. The third kappa shape index (κ3) is 5.04. The molecule has 0 aliphatic rings. The van der Waals surface area contributed by atoms with Gasteiger partial charge >= 0.3 is 0 Å². The average Bonchev–Trinajstić information content (AvgIpc) is 2.90. The topological polar surface area (TPSA) is 41.6 Å². The maximum atomic E-state index is 13.7. The van der Waals surface area contributed by atoms with Gasteiger partial charge in [0.05, 0.1) is 20.2 Å². The zero-order valence-corrected chi connectivity index (χ0v) is 14.4. The minimum Gasteiger partial charge on any atom is -0.494 e. The second-order valence-electron chi connectivity index (χ2n) is 5.44. The van der Waals surface area contributed by atoms with E-state index in [1.54, 1.807) is 23.5 Å². The molecule has 6 heteroatoms. The summed E-state index contributed by atoms with van der Waals surface area (Å²) in [6.45, 7) is 3.33. The zero-order chi connectivity index (χ0) is 16.8. The Bertz CT molecular complexity index is 672. The first kappa shape index (κ1) is 17.4. The van der Waals surface area contributed by atoms with Gasteiger partial charge in [0.2, 0.25) is 5.91 Å². The van der Waals surface area contributed by atoms with Crippen molar-refractivity contribution in [2.24, 2.45) is 0 Å². The predicted molar refractivity (Wildman–Crippen MR) is 90.2 cm³/mol. The van der Waals surface area contributed by atoms with E-state index in [0.717, 1.165) is 5.56 Å². The molecule has 0 fully saturated rings. The molecule has 124 valence electrons. The molecule has 2 rings (SSSR count). The Kier molecular flexibility index (Phi) is 6.12. The van der Waals surface area contributed by atoms with Gasteiger partial charge in [0, 0.05) is 11.4 Å². The molecule has 1 aromatic heterocycles. The number of hydrogen-bond donors (Lipinski definition) is 1. The first-order valence-corrected chi connectivity index (χ1v) is 8.18. The molecule has 0 atom stereocenters. The highest BCUT2D eigenvalue weighted by Crippen LogP contribution is 2.18. The maximum Gasteiger partial charge on any atom is 0.234 e. The summed E-state index contributed by atoms with van der Waals surface area (Å²) in [5, 5.41) is 4.92. The summed E-state index contributed by atoms with van der Waals surface area (Å²) in [6.07, 6.45) is 0. The number of methoxy groups -OCH3 is 1. The number of ether oxygens (including phenoxy) is 1. The lowest BCUT2D eigenvalue weighted by atomic mass is 10.2. The number of carbonyl (C=O) groups is 1. The van der Waals surface area contributed by atoms with Crippen LogP contribution < -0.4 is 10.1 Å². The number of amides is 1. The molecule has 1 N–H and O–H groups in total. The largest absolute Gasteiger partial charge is 0.494 e. The number of likely N-dealkylation sites (N-methyl/N-ethyl adjacent to an activating group) is 1. The van der Waals surface area contributed by atoms with Crippen molar-refractivity contribution in [1.29, 1.82) is 0 Å². The Balaban J connectivity index is 1.82. The minimum atomic E-state index is -0.393. The van der Waals surface area contributed by atoms with Crippen LogP contribution in [0.25, 0.3) is 0 Å². The number of rotatable bonds is 7. The molecule has 1 heterocycles. The quantitative estimate of drug-likeness (QED) is 0.845. The Morgan fingerprint density at radius 1 is 1.39 bits per heavy atom. The summed E-state index contributed by atoms with van der Waals surface area (Å²) in [6, 6.07) is 6.86. The second-order valence-corrected chi connectivity index (χ2v) is 6.45. The van der Waals surface area contributed by atoms with Gasteiger partial charge in [0.25, 0.3) is 0 Å². The van der Waals surface area contributed by atoms with Gasteiger partial charge in [0.15, 0.2) is 11.6 Å². The standard InChI is InChI=1S/C17H21FN2O2S/c1-12-6-7-23-16(12)9-19-17(21)11-20(2)10-13-4-5-15(22-3)14(18)8-13/h4-8H,9-11H2,1-3H3,(H,19,21). The lowest BCUT2D eigenvalue weighted by Gasteiger charge is -2.16. The number of hydrogen-bond acceptors (Lipinski definition) is 4. The third-order valence-electron chi connectivity index (χ3n) is 3.50. The molecule has 1 amide bonds. The van der Waals surface area contributed by atoms with Crippen molar-refractivity contribution in [1.82, 2.24) is 10.2 Å². The van der Waals surface area contributed by atoms with E-state index in [4.69, 9.17) is 4.74 Å². The Hall–Kier alpha value is -1.92. The van der Waals surface area contributed by atoms with Gasteiger partial charge in [-0.25, -0.2) is 4.39 Å². The summed E-state index contributed by atoms with van der Waals surface area (Å²) in [4.78, 5) is 15.0. The van der Waals surface area contributed by atoms with Crippen molar-refractivity contribution in [3.8, 4) is 5.75 Å². The van der Waals surface area contributed by atoms with Crippen LogP contribution in [-0.2, 0) is 17.9 Å². The normalized spacial score (nSPS) is 10.8. The van der Waals surface area contributed by atoms with Crippen LogP contribution in [0.5, 0.6) is 5.75 Å². The molecule has 0 aliphatic carbocycles.